The molecule has 3 N–H and O–H groups in total. The van der Waals surface area contributed by atoms with E-state index in [0.29, 0.717) is 11.3 Å². The molecule has 0 bridgehead atoms. The third kappa shape index (κ3) is 5.96. The Hall–Kier alpha value is -3.12. The van der Waals surface area contributed by atoms with Crippen molar-refractivity contribution in [2.24, 2.45) is 0 Å². The van der Waals surface area contributed by atoms with E-state index in [-0.39, 0.29) is 24.8 Å². The normalized spacial score (nSPS) is 10.2. The van der Waals surface area contributed by atoms with Crippen molar-refractivity contribution in [2.45, 2.75) is 6.42 Å². The predicted molar refractivity (Wildman–Crippen MR) is 116 cm³/mol. The zero-order valence-corrected chi connectivity index (χ0v) is 16.7. The minimum absolute atomic E-state index is 0.153. The molecule has 0 radical (unpaired) electrons. The van der Waals surface area contributed by atoms with Crippen LogP contribution in [-0.4, -0.2) is 18.4 Å². The third-order valence-corrected chi connectivity index (χ3v) is 4.50. The summed E-state index contributed by atoms with van der Waals surface area (Å²) in [6.07, 6.45) is 0.201. The Morgan fingerprint density at radius 3 is 2.04 bits per heavy atom. The minimum atomic E-state index is -0.198. The predicted octanol–water partition coefficient (Wildman–Crippen LogP) is 4.95. The van der Waals surface area contributed by atoms with E-state index in [1.54, 1.807) is 24.3 Å². The van der Waals surface area contributed by atoms with E-state index in [4.69, 9.17) is 0 Å². The molecule has 0 aromatic heterocycles. The number of halogens is 1. The number of nitrogens with one attached hydrogen (secondary N) is 3. The van der Waals surface area contributed by atoms with E-state index < -0.39 is 0 Å². The zero-order valence-electron chi connectivity index (χ0n) is 15.1. The molecule has 28 heavy (non-hydrogen) atoms. The molecule has 3 rings (SSSR count). The molecule has 2 amide bonds. The Bertz CT molecular complexity index is 926. The van der Waals surface area contributed by atoms with Crippen LogP contribution in [-0.2, 0) is 4.79 Å². The summed E-state index contributed by atoms with van der Waals surface area (Å²) in [7, 11) is 0. The van der Waals surface area contributed by atoms with Crippen molar-refractivity contribution in [3.8, 4) is 0 Å². The van der Waals surface area contributed by atoms with Crippen molar-refractivity contribution >= 4 is 44.8 Å². The van der Waals surface area contributed by atoms with Crippen LogP contribution in [0.3, 0.4) is 0 Å². The molecule has 0 saturated heterocycles. The van der Waals surface area contributed by atoms with Gasteiger partial charge in [-0.15, -0.1) is 0 Å². The van der Waals surface area contributed by atoms with Gasteiger partial charge in [-0.1, -0.05) is 34.1 Å². The average molecular weight is 438 g/mol. The molecule has 0 fully saturated rings. The number of carbonyl (C=O) groups excluding carboxylic acids is 2. The Labute approximate surface area is 172 Å². The van der Waals surface area contributed by atoms with E-state index in [1.165, 1.54) is 0 Å². The van der Waals surface area contributed by atoms with Gasteiger partial charge in [0.15, 0.2) is 0 Å². The standard InChI is InChI=1S/C22H20BrN3O2/c23-17-8-6-16(7-9-17)22(28)24-15-14-21(27)26-20-12-10-19(11-13-20)25-18-4-2-1-3-5-18/h1-13,25H,14-15H2,(H,24,28)(H,26,27). The van der Waals surface area contributed by atoms with E-state index in [0.717, 1.165) is 15.8 Å². The first-order valence-electron chi connectivity index (χ1n) is 8.86. The van der Waals surface area contributed by atoms with Crippen molar-refractivity contribution < 1.29 is 9.59 Å². The maximum absolute atomic E-state index is 12.1. The molecule has 0 saturated carbocycles. The van der Waals surface area contributed by atoms with Crippen molar-refractivity contribution in [2.75, 3.05) is 17.2 Å². The van der Waals surface area contributed by atoms with Gasteiger partial charge in [-0.3, -0.25) is 9.59 Å². The van der Waals surface area contributed by atoms with Gasteiger partial charge in [-0.2, -0.15) is 0 Å². The van der Waals surface area contributed by atoms with Crippen LogP contribution in [0.4, 0.5) is 17.1 Å². The highest BCUT2D eigenvalue weighted by Gasteiger charge is 2.07. The second kappa shape index (κ2) is 9.71. The molecule has 3 aromatic rings. The fourth-order valence-corrected chi connectivity index (χ4v) is 2.81. The summed E-state index contributed by atoms with van der Waals surface area (Å²) in [6, 6.07) is 24.4. The number of rotatable bonds is 7. The molecule has 3 aromatic carbocycles. The van der Waals surface area contributed by atoms with Crippen molar-refractivity contribution in [1.82, 2.24) is 5.32 Å². The topological polar surface area (TPSA) is 70.2 Å². The molecule has 6 heteroatoms. The smallest absolute Gasteiger partial charge is 0.251 e. The molecule has 5 nitrogen and oxygen atoms in total. The second-order valence-electron chi connectivity index (χ2n) is 6.13. The van der Waals surface area contributed by atoms with Gasteiger partial charge in [0.05, 0.1) is 0 Å². The fraction of sp³-hybridized carbons (Fsp3) is 0.0909. The Morgan fingerprint density at radius 1 is 0.750 bits per heavy atom. The first kappa shape index (κ1) is 19.6. The lowest BCUT2D eigenvalue weighted by Gasteiger charge is -2.09. The van der Waals surface area contributed by atoms with Gasteiger partial charge in [0, 0.05) is 40.1 Å². The first-order valence-corrected chi connectivity index (χ1v) is 9.65. The van der Waals surface area contributed by atoms with Gasteiger partial charge in [0.2, 0.25) is 5.91 Å². The number of hydrogen-bond acceptors (Lipinski definition) is 3. The van der Waals surface area contributed by atoms with Crippen molar-refractivity contribution in [3.63, 3.8) is 0 Å². The number of carbonyl (C=O) groups is 2. The van der Waals surface area contributed by atoms with Gasteiger partial charge in [0.25, 0.3) is 5.91 Å². The SMILES string of the molecule is O=C(CCNC(=O)c1ccc(Br)cc1)Nc1ccc(Nc2ccccc2)cc1. The summed E-state index contributed by atoms with van der Waals surface area (Å²) >= 11 is 3.33. The third-order valence-electron chi connectivity index (χ3n) is 3.98. The van der Waals surface area contributed by atoms with Gasteiger partial charge in [-0.25, -0.2) is 0 Å². The Kier molecular flexibility index (Phi) is 6.81. The lowest BCUT2D eigenvalue weighted by Crippen LogP contribution is -2.27. The molecule has 0 unspecified atom stereocenters. The minimum Gasteiger partial charge on any atom is -0.356 e. The van der Waals surface area contributed by atoms with Crippen LogP contribution >= 0.6 is 15.9 Å². The summed E-state index contributed by atoms with van der Waals surface area (Å²) in [6.45, 7) is 0.272. The largest absolute Gasteiger partial charge is 0.356 e. The van der Waals surface area contributed by atoms with Gasteiger partial charge in [0.1, 0.15) is 0 Å². The fourth-order valence-electron chi connectivity index (χ4n) is 2.54. The second-order valence-corrected chi connectivity index (χ2v) is 7.05. The summed E-state index contributed by atoms with van der Waals surface area (Å²) < 4.78 is 0.911. The van der Waals surface area contributed by atoms with Crippen LogP contribution in [0.5, 0.6) is 0 Å². The molecule has 0 aliphatic heterocycles. The first-order chi connectivity index (χ1) is 13.6. The summed E-state index contributed by atoms with van der Waals surface area (Å²) in [4.78, 5) is 24.1. The van der Waals surface area contributed by atoms with Gasteiger partial charge in [-0.05, 0) is 60.7 Å². The number of anilines is 3. The average Bonchev–Trinajstić information content (AvgIpc) is 2.71. The quantitative estimate of drug-likeness (QED) is 0.489. The Balaban J connectivity index is 1.43. The van der Waals surface area contributed by atoms with E-state index in [2.05, 4.69) is 31.9 Å². The molecule has 0 atom stereocenters. The van der Waals surface area contributed by atoms with Crippen LogP contribution < -0.4 is 16.0 Å². The Morgan fingerprint density at radius 2 is 1.36 bits per heavy atom. The number of benzene rings is 3. The highest BCUT2D eigenvalue weighted by Crippen LogP contribution is 2.18. The highest BCUT2D eigenvalue weighted by molar-refractivity contribution is 9.10. The van der Waals surface area contributed by atoms with Crippen LogP contribution in [0.15, 0.2) is 83.3 Å². The molecular formula is C22H20BrN3O2. The van der Waals surface area contributed by atoms with E-state index in [9.17, 15) is 9.59 Å². The lowest BCUT2D eigenvalue weighted by atomic mass is 10.2. The number of para-hydroxylation sites is 1. The van der Waals surface area contributed by atoms with E-state index >= 15 is 0 Å². The van der Waals surface area contributed by atoms with Crippen molar-refractivity contribution in [3.05, 3.63) is 88.9 Å². The van der Waals surface area contributed by atoms with Crippen LogP contribution in [0.1, 0.15) is 16.8 Å². The van der Waals surface area contributed by atoms with Crippen LogP contribution in [0.2, 0.25) is 0 Å². The lowest BCUT2D eigenvalue weighted by molar-refractivity contribution is -0.116. The van der Waals surface area contributed by atoms with E-state index in [1.807, 2.05) is 54.6 Å². The zero-order chi connectivity index (χ0) is 19.8. The number of amides is 2. The van der Waals surface area contributed by atoms with Crippen LogP contribution in [0, 0.1) is 0 Å². The molecular weight excluding hydrogens is 418 g/mol. The summed E-state index contributed by atoms with van der Waals surface area (Å²) in [5, 5.41) is 8.86. The molecule has 0 heterocycles. The molecule has 0 aliphatic carbocycles. The summed E-state index contributed by atoms with van der Waals surface area (Å²) in [5.74, 6) is -0.350. The highest BCUT2D eigenvalue weighted by atomic mass is 79.9. The monoisotopic (exact) mass is 437 g/mol. The summed E-state index contributed by atoms with van der Waals surface area (Å²) in [5.41, 5.74) is 3.21. The molecule has 0 spiro atoms. The maximum Gasteiger partial charge on any atom is 0.251 e. The number of hydrogen-bond donors (Lipinski definition) is 3. The van der Waals surface area contributed by atoms with Crippen molar-refractivity contribution in [1.29, 1.82) is 0 Å². The molecule has 0 aliphatic rings. The van der Waals surface area contributed by atoms with Gasteiger partial charge < -0.3 is 16.0 Å². The van der Waals surface area contributed by atoms with Gasteiger partial charge >= 0.3 is 0 Å². The maximum atomic E-state index is 12.1. The van der Waals surface area contributed by atoms with Crippen LogP contribution in [0.25, 0.3) is 0 Å². The molecule has 142 valence electrons.